The van der Waals surface area contributed by atoms with Gasteiger partial charge in [-0.25, -0.2) is 11.7 Å². The molecule has 0 amide bonds. The van der Waals surface area contributed by atoms with Gasteiger partial charge in [0, 0.05) is 43.6 Å². The Hall–Kier alpha value is -2.38. The van der Waals surface area contributed by atoms with Crippen molar-refractivity contribution in [2.75, 3.05) is 31.8 Å². The van der Waals surface area contributed by atoms with Crippen LogP contribution < -0.4 is 28.2 Å². The average molecular weight is 494 g/mol. The molecule has 198 valence electrons. The van der Waals surface area contributed by atoms with Crippen molar-refractivity contribution in [1.29, 1.82) is 0 Å². The number of anilines is 1. The Morgan fingerprint density at radius 3 is 2.40 bits per heavy atom. The van der Waals surface area contributed by atoms with Crippen molar-refractivity contribution in [2.45, 2.75) is 63.6 Å². The van der Waals surface area contributed by atoms with Crippen LogP contribution in [0, 0.1) is 0 Å². The van der Waals surface area contributed by atoms with E-state index in [9.17, 15) is 10.2 Å². The Labute approximate surface area is 208 Å². The lowest BCUT2D eigenvalue weighted by Crippen LogP contribution is -2.54. The van der Waals surface area contributed by atoms with Crippen LogP contribution in [0.15, 0.2) is 48.1 Å². The van der Waals surface area contributed by atoms with Crippen molar-refractivity contribution < 1.29 is 20.1 Å². The molecular weight excluding hydrogens is 450 g/mol. The first-order chi connectivity index (χ1) is 16.6. The van der Waals surface area contributed by atoms with Gasteiger partial charge in [0.2, 0.25) is 0 Å². The summed E-state index contributed by atoms with van der Waals surface area (Å²) in [6, 6.07) is 7.66. The highest BCUT2D eigenvalue weighted by atomic mass is 16.6. The summed E-state index contributed by atoms with van der Waals surface area (Å²) in [5, 5.41) is 32.0. The standard InChI is InChI=1S/C24H43N7O4/c1-17-13-22(23(33)24(34)35-17)29(2)12-10-19(25)14-30(27)11-4-3-5-18-6-8-21(9-7-18)31(28)15-20(26)16-32/h6-9,14-15,17,22-24,32-34H,3-5,10-13,16,25-28H2,1-2H3/b19-14-,20-15-/t17-,22+,23-,24-/m1/s1. The molecule has 1 fully saturated rings. The topological polar surface area (TPSA) is 184 Å². The molecule has 1 aliphatic rings. The van der Waals surface area contributed by atoms with E-state index in [2.05, 4.69) is 0 Å². The van der Waals surface area contributed by atoms with E-state index in [1.807, 2.05) is 43.1 Å². The van der Waals surface area contributed by atoms with Crippen molar-refractivity contribution in [3.05, 3.63) is 53.6 Å². The molecule has 0 spiro atoms. The summed E-state index contributed by atoms with van der Waals surface area (Å²) in [6.45, 7) is 2.95. The normalized spacial score (nSPS) is 23.5. The number of nitrogens with two attached hydrogens (primary N) is 4. The minimum absolute atomic E-state index is 0.116. The third-order valence-corrected chi connectivity index (χ3v) is 6.14. The predicted molar refractivity (Wildman–Crippen MR) is 137 cm³/mol. The van der Waals surface area contributed by atoms with Crippen LogP contribution in [-0.4, -0.2) is 76.5 Å². The monoisotopic (exact) mass is 493 g/mol. The molecule has 0 unspecified atom stereocenters. The van der Waals surface area contributed by atoms with Gasteiger partial charge in [0.1, 0.15) is 6.10 Å². The molecule has 1 saturated heterocycles. The molecule has 2 rings (SSSR count). The Kier molecular flexibility index (Phi) is 11.7. The number of benzene rings is 1. The number of aliphatic hydroxyl groups excluding tert-OH is 3. The second-order valence-corrected chi connectivity index (χ2v) is 9.20. The lowest BCUT2D eigenvalue weighted by Gasteiger charge is -2.40. The molecule has 0 aliphatic carbocycles. The van der Waals surface area contributed by atoms with E-state index in [1.54, 1.807) is 11.2 Å². The second-order valence-electron chi connectivity index (χ2n) is 9.20. The molecular formula is C24H43N7O4. The van der Waals surface area contributed by atoms with Gasteiger partial charge in [-0.3, -0.25) is 5.01 Å². The van der Waals surface area contributed by atoms with Crippen LogP contribution >= 0.6 is 0 Å². The molecule has 0 saturated carbocycles. The van der Waals surface area contributed by atoms with E-state index in [-0.39, 0.29) is 24.4 Å². The lowest BCUT2D eigenvalue weighted by atomic mass is 9.99. The highest BCUT2D eigenvalue weighted by molar-refractivity contribution is 5.49. The van der Waals surface area contributed by atoms with Crippen molar-refractivity contribution in [3.8, 4) is 0 Å². The van der Waals surface area contributed by atoms with Crippen molar-refractivity contribution >= 4 is 5.69 Å². The van der Waals surface area contributed by atoms with Crippen LogP contribution in [0.1, 0.15) is 38.2 Å². The van der Waals surface area contributed by atoms with E-state index in [0.29, 0.717) is 31.6 Å². The van der Waals surface area contributed by atoms with Crippen LogP contribution in [-0.2, 0) is 11.2 Å². The van der Waals surface area contributed by atoms with Crippen LogP contribution in [0.25, 0.3) is 0 Å². The average Bonchev–Trinajstić information content (AvgIpc) is 2.82. The molecule has 1 heterocycles. The molecule has 0 radical (unpaired) electrons. The lowest BCUT2D eigenvalue weighted by molar-refractivity contribution is -0.231. The van der Waals surface area contributed by atoms with E-state index < -0.39 is 12.4 Å². The highest BCUT2D eigenvalue weighted by Gasteiger charge is 2.36. The third-order valence-electron chi connectivity index (χ3n) is 6.14. The first-order valence-electron chi connectivity index (χ1n) is 12.0. The zero-order valence-electron chi connectivity index (χ0n) is 20.8. The zero-order chi connectivity index (χ0) is 26.0. The Morgan fingerprint density at radius 2 is 1.74 bits per heavy atom. The number of rotatable bonds is 13. The molecule has 35 heavy (non-hydrogen) atoms. The largest absolute Gasteiger partial charge is 0.401 e. The zero-order valence-corrected chi connectivity index (χ0v) is 20.8. The van der Waals surface area contributed by atoms with Gasteiger partial charge in [-0.15, -0.1) is 0 Å². The summed E-state index contributed by atoms with van der Waals surface area (Å²) in [7, 11) is 1.91. The molecule has 11 N–H and O–H groups in total. The van der Waals surface area contributed by atoms with Crippen LogP contribution in [0.5, 0.6) is 0 Å². The van der Waals surface area contributed by atoms with Crippen LogP contribution in [0.4, 0.5) is 5.69 Å². The number of hydrazine groups is 2. The number of aryl methyl sites for hydroxylation is 1. The van der Waals surface area contributed by atoms with Crippen LogP contribution in [0.2, 0.25) is 0 Å². The van der Waals surface area contributed by atoms with Gasteiger partial charge in [0.15, 0.2) is 6.29 Å². The SMILES string of the molecule is C[C@@H]1C[C@H](N(C)CC/C(N)=C/N(N)CCCCc2ccc(N(N)/C=C(\N)CO)cc2)[C@@H](O)[C@H](O)O1. The quantitative estimate of drug-likeness (QED) is 0.108. The Balaban J connectivity index is 1.69. The number of aliphatic hydroxyl groups is 3. The summed E-state index contributed by atoms with van der Waals surface area (Å²) in [5.41, 5.74) is 14.7. The summed E-state index contributed by atoms with van der Waals surface area (Å²) >= 11 is 0. The Bertz CT molecular complexity index is 821. The maximum Gasteiger partial charge on any atom is 0.182 e. The van der Waals surface area contributed by atoms with E-state index in [1.165, 1.54) is 16.8 Å². The predicted octanol–water partition coefficient (Wildman–Crippen LogP) is -0.364. The summed E-state index contributed by atoms with van der Waals surface area (Å²) < 4.78 is 5.26. The van der Waals surface area contributed by atoms with E-state index >= 15 is 0 Å². The number of hydrogen-bond donors (Lipinski definition) is 7. The number of unbranched alkanes of at least 4 members (excludes halogenated alkanes) is 1. The first-order valence-corrected chi connectivity index (χ1v) is 12.0. The molecule has 1 aliphatic heterocycles. The molecule has 1 aromatic carbocycles. The van der Waals surface area contributed by atoms with E-state index in [4.69, 9.17) is 33.0 Å². The molecule has 4 atom stereocenters. The van der Waals surface area contributed by atoms with Gasteiger partial charge in [-0.1, -0.05) is 12.1 Å². The number of ether oxygens (including phenoxy) is 1. The third kappa shape index (κ3) is 9.65. The first kappa shape index (κ1) is 28.9. The fourth-order valence-electron chi connectivity index (χ4n) is 4.05. The number of nitrogens with zero attached hydrogens (tertiary/aromatic N) is 3. The van der Waals surface area contributed by atoms with Gasteiger partial charge in [0.25, 0.3) is 0 Å². The second kappa shape index (κ2) is 14.2. The van der Waals surface area contributed by atoms with Gasteiger partial charge < -0.3 is 41.4 Å². The van der Waals surface area contributed by atoms with Gasteiger partial charge in [-0.05, 0) is 57.4 Å². The fourth-order valence-corrected chi connectivity index (χ4v) is 4.05. The molecule has 1 aromatic rings. The minimum Gasteiger partial charge on any atom is -0.401 e. The smallest absolute Gasteiger partial charge is 0.182 e. The van der Waals surface area contributed by atoms with Gasteiger partial charge >= 0.3 is 0 Å². The highest BCUT2D eigenvalue weighted by Crippen LogP contribution is 2.23. The summed E-state index contributed by atoms with van der Waals surface area (Å²) in [6.07, 6.45) is 5.04. The molecule has 0 aromatic heterocycles. The summed E-state index contributed by atoms with van der Waals surface area (Å²) in [4.78, 5) is 2.00. The van der Waals surface area contributed by atoms with Gasteiger partial charge in [-0.2, -0.15) is 0 Å². The maximum absolute atomic E-state index is 10.2. The molecule has 11 nitrogen and oxygen atoms in total. The van der Waals surface area contributed by atoms with E-state index in [0.717, 1.165) is 24.9 Å². The maximum atomic E-state index is 10.2. The van der Waals surface area contributed by atoms with Crippen LogP contribution in [0.3, 0.4) is 0 Å². The van der Waals surface area contributed by atoms with Gasteiger partial charge in [0.05, 0.1) is 24.1 Å². The van der Waals surface area contributed by atoms with Crippen molar-refractivity contribution in [1.82, 2.24) is 9.91 Å². The Morgan fingerprint density at radius 1 is 1.06 bits per heavy atom. The molecule has 0 bridgehead atoms. The number of hydrogen-bond acceptors (Lipinski definition) is 11. The summed E-state index contributed by atoms with van der Waals surface area (Å²) in [5.74, 6) is 12.0. The minimum atomic E-state index is -1.17. The van der Waals surface area contributed by atoms with Crippen molar-refractivity contribution in [2.24, 2.45) is 23.2 Å². The molecule has 11 heteroatoms. The van der Waals surface area contributed by atoms with Crippen molar-refractivity contribution in [3.63, 3.8) is 0 Å². The fraction of sp³-hybridized carbons (Fsp3) is 0.583. The number of likely N-dealkylation sites (N-methyl/N-ethyl adjacent to an activating group) is 1.